The Hall–Kier alpha value is -2.15. The van der Waals surface area contributed by atoms with Gasteiger partial charge in [0.05, 0.1) is 24.2 Å². The number of thiophene rings is 1. The maximum atomic E-state index is 12.3. The Kier molecular flexibility index (Phi) is 4.47. The fourth-order valence-corrected chi connectivity index (χ4v) is 3.75. The highest BCUT2D eigenvalue weighted by Crippen LogP contribution is 2.23. The summed E-state index contributed by atoms with van der Waals surface area (Å²) in [6.45, 7) is 3.42. The van der Waals surface area contributed by atoms with Crippen molar-refractivity contribution in [1.29, 1.82) is 0 Å². The lowest BCUT2D eigenvalue weighted by Crippen LogP contribution is -2.39. The number of rotatable bonds is 4. The average Bonchev–Trinajstić information content (AvgIpc) is 3.17. The van der Waals surface area contributed by atoms with Crippen LogP contribution in [0.5, 0.6) is 0 Å². The topological polar surface area (TPSA) is 75.4 Å². The fourth-order valence-electron chi connectivity index (χ4n) is 2.87. The number of carbonyl (C=O) groups excluding carboxylic acids is 1. The normalized spacial score (nSPS) is 15.8. The molecule has 1 saturated heterocycles. The Balaban J connectivity index is 1.55. The second-order valence-corrected chi connectivity index (χ2v) is 7.19. The lowest BCUT2D eigenvalue weighted by atomic mass is 10.0. The Morgan fingerprint density at radius 3 is 2.65 bits per heavy atom. The van der Waals surface area contributed by atoms with Crippen LogP contribution in [0.2, 0.25) is 0 Å². The monoisotopic (exact) mass is 333 g/mol. The van der Waals surface area contributed by atoms with Gasteiger partial charge >= 0.3 is 5.97 Å². The van der Waals surface area contributed by atoms with E-state index in [1.54, 1.807) is 22.2 Å². The van der Waals surface area contributed by atoms with Crippen LogP contribution in [-0.2, 0) is 11.2 Å². The Bertz CT molecular complexity index is 714. The average molecular weight is 333 g/mol. The molecular weight excluding hydrogens is 314 g/mol. The maximum absolute atomic E-state index is 12.3. The summed E-state index contributed by atoms with van der Waals surface area (Å²) in [4.78, 5) is 27.5. The smallest absolute Gasteiger partial charge is 0.338 e. The number of aryl methyl sites for hydroxylation is 1. The fraction of sp³-hybridized carbons (Fsp3) is 0.438. The summed E-state index contributed by atoms with van der Waals surface area (Å²) >= 11 is 1.67. The van der Waals surface area contributed by atoms with E-state index in [1.807, 2.05) is 24.0 Å². The predicted molar refractivity (Wildman–Crippen MR) is 86.8 cm³/mol. The maximum Gasteiger partial charge on any atom is 0.338 e. The largest absolute Gasteiger partial charge is 0.478 e. The van der Waals surface area contributed by atoms with Gasteiger partial charge in [0.15, 0.2) is 0 Å². The van der Waals surface area contributed by atoms with E-state index in [0.29, 0.717) is 19.5 Å². The number of aromatic carboxylic acids is 1. The van der Waals surface area contributed by atoms with Gasteiger partial charge in [0.2, 0.25) is 5.91 Å². The van der Waals surface area contributed by atoms with Gasteiger partial charge in [-0.2, -0.15) is 5.10 Å². The molecule has 2 aromatic rings. The zero-order valence-corrected chi connectivity index (χ0v) is 13.8. The molecule has 2 aromatic heterocycles. The number of carboxylic acid groups (broad SMARTS) is 1. The number of hydrogen-bond acceptors (Lipinski definition) is 4. The van der Waals surface area contributed by atoms with Crippen molar-refractivity contribution >= 4 is 23.2 Å². The molecule has 0 radical (unpaired) electrons. The second-order valence-electron chi connectivity index (χ2n) is 5.82. The van der Waals surface area contributed by atoms with E-state index in [9.17, 15) is 9.59 Å². The standard InChI is InChI=1S/C16H19N3O3S/c1-11-2-3-14(23-11)8-15(20)18-6-4-13(5-7-18)19-10-12(9-17-19)16(21)22/h2-3,9-10,13H,4-8H2,1H3,(H,21,22). The van der Waals surface area contributed by atoms with Gasteiger partial charge in [0, 0.05) is 29.0 Å². The number of piperidine rings is 1. The molecule has 0 bridgehead atoms. The first-order valence-electron chi connectivity index (χ1n) is 7.63. The SMILES string of the molecule is Cc1ccc(CC(=O)N2CCC(n3cc(C(=O)O)cn3)CC2)s1. The molecule has 1 aliphatic heterocycles. The van der Waals surface area contributed by atoms with Gasteiger partial charge in [-0.3, -0.25) is 9.48 Å². The van der Waals surface area contributed by atoms with Crippen molar-refractivity contribution < 1.29 is 14.7 Å². The van der Waals surface area contributed by atoms with Crippen molar-refractivity contribution in [3.05, 3.63) is 39.8 Å². The number of amides is 1. The van der Waals surface area contributed by atoms with Gasteiger partial charge in [0.25, 0.3) is 0 Å². The van der Waals surface area contributed by atoms with Gasteiger partial charge in [-0.25, -0.2) is 4.79 Å². The summed E-state index contributed by atoms with van der Waals surface area (Å²) in [5, 5.41) is 13.1. The number of likely N-dealkylation sites (tertiary alicyclic amines) is 1. The van der Waals surface area contributed by atoms with Crippen LogP contribution in [0, 0.1) is 6.92 Å². The molecule has 0 atom stereocenters. The summed E-state index contributed by atoms with van der Waals surface area (Å²) in [7, 11) is 0. The van der Waals surface area contributed by atoms with Crippen LogP contribution in [0.4, 0.5) is 0 Å². The minimum absolute atomic E-state index is 0.163. The van der Waals surface area contributed by atoms with E-state index >= 15 is 0 Å². The molecule has 3 heterocycles. The van der Waals surface area contributed by atoms with Gasteiger partial charge in [-0.05, 0) is 31.9 Å². The zero-order chi connectivity index (χ0) is 16.4. The summed E-state index contributed by atoms with van der Waals surface area (Å²) < 4.78 is 1.72. The molecule has 0 saturated carbocycles. The van der Waals surface area contributed by atoms with E-state index in [1.165, 1.54) is 11.1 Å². The Labute approximate surface area is 138 Å². The van der Waals surface area contributed by atoms with Crippen molar-refractivity contribution in [2.45, 2.75) is 32.2 Å². The molecular formula is C16H19N3O3S. The Morgan fingerprint density at radius 2 is 2.09 bits per heavy atom. The molecule has 0 aliphatic carbocycles. The number of carboxylic acids is 1. The van der Waals surface area contributed by atoms with Crippen LogP contribution in [0.25, 0.3) is 0 Å². The molecule has 1 amide bonds. The van der Waals surface area contributed by atoms with E-state index in [2.05, 4.69) is 5.10 Å². The minimum Gasteiger partial charge on any atom is -0.478 e. The van der Waals surface area contributed by atoms with Gasteiger partial charge < -0.3 is 10.0 Å². The third-order valence-electron chi connectivity index (χ3n) is 4.16. The van der Waals surface area contributed by atoms with E-state index in [-0.39, 0.29) is 17.5 Å². The molecule has 1 N–H and O–H groups in total. The number of nitrogens with zero attached hydrogens (tertiary/aromatic N) is 3. The molecule has 0 unspecified atom stereocenters. The van der Waals surface area contributed by atoms with Crippen molar-refractivity contribution in [3.63, 3.8) is 0 Å². The van der Waals surface area contributed by atoms with Crippen LogP contribution in [-0.4, -0.2) is 44.8 Å². The zero-order valence-electron chi connectivity index (χ0n) is 12.9. The highest BCUT2D eigenvalue weighted by atomic mass is 32.1. The summed E-state index contributed by atoms with van der Waals surface area (Å²) in [6, 6.07) is 4.22. The number of hydrogen-bond donors (Lipinski definition) is 1. The van der Waals surface area contributed by atoms with Crippen molar-refractivity contribution in [2.24, 2.45) is 0 Å². The number of aromatic nitrogens is 2. The minimum atomic E-state index is -0.963. The van der Waals surface area contributed by atoms with Crippen LogP contribution >= 0.6 is 11.3 Å². The number of carbonyl (C=O) groups is 2. The van der Waals surface area contributed by atoms with Crippen LogP contribution in [0.3, 0.4) is 0 Å². The first-order valence-corrected chi connectivity index (χ1v) is 8.45. The van der Waals surface area contributed by atoms with Crippen LogP contribution in [0.1, 0.15) is 39.0 Å². The van der Waals surface area contributed by atoms with Crippen molar-refractivity contribution in [2.75, 3.05) is 13.1 Å². The summed E-state index contributed by atoms with van der Waals surface area (Å²) in [5.41, 5.74) is 0.205. The molecule has 1 fully saturated rings. The van der Waals surface area contributed by atoms with Crippen molar-refractivity contribution in [1.82, 2.24) is 14.7 Å². The van der Waals surface area contributed by atoms with Crippen molar-refractivity contribution in [3.8, 4) is 0 Å². The third-order valence-corrected chi connectivity index (χ3v) is 5.16. The van der Waals surface area contributed by atoms with Crippen LogP contribution in [0.15, 0.2) is 24.5 Å². The van der Waals surface area contributed by atoms with Gasteiger partial charge in [-0.1, -0.05) is 0 Å². The molecule has 23 heavy (non-hydrogen) atoms. The Morgan fingerprint density at radius 1 is 1.35 bits per heavy atom. The molecule has 122 valence electrons. The van der Waals surface area contributed by atoms with E-state index < -0.39 is 5.97 Å². The summed E-state index contributed by atoms with van der Waals surface area (Å²) in [5.74, 6) is -0.799. The summed E-state index contributed by atoms with van der Waals surface area (Å²) in [6.07, 6.45) is 5.01. The van der Waals surface area contributed by atoms with Gasteiger partial charge in [-0.15, -0.1) is 11.3 Å². The van der Waals surface area contributed by atoms with E-state index in [4.69, 9.17) is 5.11 Å². The first-order chi connectivity index (χ1) is 11.0. The molecule has 3 rings (SSSR count). The molecule has 0 spiro atoms. The second kappa shape index (κ2) is 6.54. The first kappa shape index (κ1) is 15.7. The molecule has 7 heteroatoms. The quantitative estimate of drug-likeness (QED) is 0.932. The molecule has 6 nitrogen and oxygen atoms in total. The third kappa shape index (κ3) is 3.61. The lowest BCUT2D eigenvalue weighted by molar-refractivity contribution is -0.131. The predicted octanol–water partition coefficient (Wildman–Crippen LogP) is 2.36. The van der Waals surface area contributed by atoms with E-state index in [0.717, 1.165) is 17.7 Å². The van der Waals surface area contributed by atoms with Gasteiger partial charge in [0.1, 0.15) is 0 Å². The highest BCUT2D eigenvalue weighted by molar-refractivity contribution is 7.12. The lowest BCUT2D eigenvalue weighted by Gasteiger charge is -2.32. The molecule has 0 aromatic carbocycles. The highest BCUT2D eigenvalue weighted by Gasteiger charge is 2.25. The molecule has 1 aliphatic rings. The van der Waals surface area contributed by atoms with Crippen LogP contribution < -0.4 is 0 Å².